The van der Waals surface area contributed by atoms with Gasteiger partial charge in [0, 0.05) is 62.7 Å². The molecule has 15 nitrogen and oxygen atoms in total. The van der Waals surface area contributed by atoms with E-state index in [2.05, 4.69) is 30.8 Å². The number of amidine groups is 1. The van der Waals surface area contributed by atoms with Gasteiger partial charge in [-0.2, -0.15) is 9.82 Å². The molecule has 0 aliphatic carbocycles. The van der Waals surface area contributed by atoms with Gasteiger partial charge in [-0.05, 0) is 74.6 Å². The predicted molar refractivity (Wildman–Crippen MR) is 181 cm³/mol. The smallest absolute Gasteiger partial charge is 0.323 e. The maximum Gasteiger partial charge on any atom is 0.323 e. The van der Waals surface area contributed by atoms with Gasteiger partial charge in [0.15, 0.2) is 0 Å². The van der Waals surface area contributed by atoms with Crippen molar-refractivity contribution in [2.45, 2.75) is 63.4 Å². The first kappa shape index (κ1) is 36.3. The van der Waals surface area contributed by atoms with E-state index in [9.17, 15) is 27.9 Å². The minimum atomic E-state index is -4.31. The number of rotatable bonds is 17. The van der Waals surface area contributed by atoms with Crippen LogP contribution in [0.3, 0.4) is 0 Å². The molecule has 2 heterocycles. The maximum atomic E-state index is 13.3. The van der Waals surface area contributed by atoms with Crippen molar-refractivity contribution in [2.75, 3.05) is 39.3 Å². The molecule has 48 heavy (non-hydrogen) atoms. The molecule has 4 rings (SSSR count). The van der Waals surface area contributed by atoms with Crippen molar-refractivity contribution in [1.29, 1.82) is 0 Å². The van der Waals surface area contributed by atoms with Crippen LogP contribution in [0.5, 0.6) is 5.75 Å². The summed E-state index contributed by atoms with van der Waals surface area (Å²) < 4.78 is 36.4. The Kier molecular flexibility index (Phi) is 12.9. The van der Waals surface area contributed by atoms with Crippen molar-refractivity contribution < 1.29 is 32.6 Å². The molecule has 0 fully saturated rings. The van der Waals surface area contributed by atoms with Crippen LogP contribution in [-0.2, 0) is 26.2 Å². The number of aromatic nitrogens is 2. The zero-order valence-corrected chi connectivity index (χ0v) is 28.1. The first-order valence-corrected chi connectivity index (χ1v) is 17.4. The van der Waals surface area contributed by atoms with E-state index in [1.54, 1.807) is 36.7 Å². The number of sulfonamides is 1. The van der Waals surface area contributed by atoms with Crippen molar-refractivity contribution in [3.8, 4) is 5.75 Å². The van der Waals surface area contributed by atoms with Gasteiger partial charge in [0.2, 0.25) is 15.9 Å². The lowest BCUT2D eigenvalue weighted by Crippen LogP contribution is -2.48. The molecule has 0 saturated heterocycles. The number of aryl methyl sites for hydroxylation is 2. The number of aliphatic carboxylic acids is 1. The quantitative estimate of drug-likeness (QED) is 0.112. The summed E-state index contributed by atoms with van der Waals surface area (Å²) in [7, 11) is -4.31. The molecule has 1 aromatic heterocycles. The number of hydrogen-bond acceptors (Lipinski definition) is 10. The van der Waals surface area contributed by atoms with Crippen molar-refractivity contribution >= 4 is 44.5 Å². The fourth-order valence-electron chi connectivity index (χ4n) is 5.35. The number of nitrogens with one attached hydrogen (secondary N) is 4. The number of hydrogen-bond donors (Lipinski definition) is 6. The standard InChI is InChI=1S/C32H44N8O7S/c1-21-16-25(47-15-5-7-29(41)36-12-10-33)17-22(2)30(21)48(45,46)39-27(32(43)44)19-37-31(42)23-8-9-26-24(18-23)20-40(38-26)14-13-35-28-6-3-4-11-34-28/h8-9,16-18,20,27,39H,3-7,10-15,19,33H2,1-2H3,(H,34,35)(H,36,41)(H,37,42)(H,43,44). The topological polar surface area (TPSA) is 219 Å². The molecule has 7 N–H and O–H groups in total. The number of ether oxygens (including phenoxy) is 1. The normalized spacial score (nSPS) is 13.9. The largest absolute Gasteiger partial charge is 0.494 e. The lowest BCUT2D eigenvalue weighted by atomic mass is 10.1. The molecule has 1 atom stereocenters. The summed E-state index contributed by atoms with van der Waals surface area (Å²) in [6.45, 7) is 5.79. The number of nitrogens with two attached hydrogens (primary N) is 1. The summed E-state index contributed by atoms with van der Waals surface area (Å²) >= 11 is 0. The molecule has 16 heteroatoms. The van der Waals surface area contributed by atoms with E-state index in [0.29, 0.717) is 55.0 Å². The van der Waals surface area contributed by atoms with Crippen LogP contribution < -0.4 is 31.1 Å². The van der Waals surface area contributed by atoms with Gasteiger partial charge in [-0.25, -0.2) is 8.42 Å². The summed E-state index contributed by atoms with van der Waals surface area (Å²) in [6, 6.07) is 6.38. The Hall–Kier alpha value is -4.54. The molecule has 0 spiro atoms. The Balaban J connectivity index is 1.33. The minimum Gasteiger partial charge on any atom is -0.494 e. The summed E-state index contributed by atoms with van der Waals surface area (Å²) in [6.07, 6.45) is 5.74. The highest BCUT2D eigenvalue weighted by Crippen LogP contribution is 2.26. The van der Waals surface area contributed by atoms with Crippen LogP contribution >= 0.6 is 0 Å². The van der Waals surface area contributed by atoms with E-state index < -0.39 is 34.5 Å². The Labute approximate surface area is 279 Å². The van der Waals surface area contributed by atoms with E-state index in [-0.39, 0.29) is 29.4 Å². The van der Waals surface area contributed by atoms with E-state index in [4.69, 9.17) is 10.5 Å². The number of benzene rings is 2. The Morgan fingerprint density at radius 3 is 2.54 bits per heavy atom. The summed E-state index contributed by atoms with van der Waals surface area (Å²) in [5.41, 5.74) is 7.04. The van der Waals surface area contributed by atoms with Crippen LogP contribution in [0.4, 0.5) is 0 Å². The van der Waals surface area contributed by atoms with Crippen LogP contribution in [0.25, 0.3) is 10.9 Å². The van der Waals surface area contributed by atoms with Crippen LogP contribution in [-0.4, -0.2) is 92.3 Å². The van der Waals surface area contributed by atoms with E-state index in [1.807, 2.05) is 6.20 Å². The van der Waals surface area contributed by atoms with Crippen molar-refractivity contribution in [3.63, 3.8) is 0 Å². The van der Waals surface area contributed by atoms with Gasteiger partial charge in [-0.1, -0.05) is 0 Å². The molecule has 2 amide bonds. The number of carboxylic acid groups (broad SMARTS) is 1. The number of carbonyl (C=O) groups excluding carboxylic acids is 2. The van der Waals surface area contributed by atoms with Gasteiger partial charge < -0.3 is 31.5 Å². The number of fused-ring (bicyclic) bond motifs is 1. The summed E-state index contributed by atoms with van der Waals surface area (Å²) in [5, 5.41) is 23.6. The number of amides is 2. The molecule has 0 saturated carbocycles. The Morgan fingerprint density at radius 2 is 1.85 bits per heavy atom. The average Bonchev–Trinajstić information content (AvgIpc) is 3.46. The van der Waals surface area contributed by atoms with Crippen molar-refractivity contribution in [1.82, 2.24) is 30.5 Å². The predicted octanol–water partition coefficient (Wildman–Crippen LogP) is 1.22. The van der Waals surface area contributed by atoms with E-state index in [1.165, 1.54) is 12.1 Å². The number of carboxylic acids is 1. The lowest BCUT2D eigenvalue weighted by Gasteiger charge is -2.19. The van der Waals surface area contributed by atoms with Crippen molar-refractivity contribution in [3.05, 3.63) is 53.2 Å². The molecule has 260 valence electrons. The molecule has 2 aromatic carbocycles. The summed E-state index contributed by atoms with van der Waals surface area (Å²) in [4.78, 5) is 41.1. The van der Waals surface area contributed by atoms with Crippen LogP contribution in [0.1, 0.15) is 53.6 Å². The summed E-state index contributed by atoms with van der Waals surface area (Å²) in [5.74, 6) is -0.707. The third-order valence-corrected chi connectivity index (χ3v) is 9.43. The second-order valence-corrected chi connectivity index (χ2v) is 13.2. The van der Waals surface area contributed by atoms with Gasteiger partial charge in [-0.3, -0.25) is 24.1 Å². The number of carbonyl (C=O) groups is 3. The highest BCUT2D eigenvalue weighted by atomic mass is 32.2. The van der Waals surface area contributed by atoms with Crippen molar-refractivity contribution in [2.24, 2.45) is 10.7 Å². The fraction of sp³-hybridized carbons (Fsp3) is 0.469. The van der Waals surface area contributed by atoms with Gasteiger partial charge in [0.25, 0.3) is 5.91 Å². The average molecular weight is 685 g/mol. The fourth-order valence-corrected chi connectivity index (χ4v) is 6.99. The number of nitrogens with zero attached hydrogens (tertiary/aromatic N) is 3. The van der Waals surface area contributed by atoms with Gasteiger partial charge >= 0.3 is 5.97 Å². The molecule has 1 aliphatic heterocycles. The van der Waals surface area contributed by atoms with Gasteiger partial charge in [-0.15, -0.1) is 0 Å². The Morgan fingerprint density at radius 1 is 1.08 bits per heavy atom. The molecule has 3 aromatic rings. The third kappa shape index (κ3) is 10.2. The first-order valence-electron chi connectivity index (χ1n) is 16.0. The highest BCUT2D eigenvalue weighted by Gasteiger charge is 2.29. The molecule has 1 aliphatic rings. The van der Waals surface area contributed by atoms with Crippen LogP contribution in [0.15, 0.2) is 46.4 Å². The molecule has 0 bridgehead atoms. The zero-order chi connectivity index (χ0) is 34.7. The van der Waals surface area contributed by atoms with Gasteiger partial charge in [0.05, 0.1) is 29.4 Å². The van der Waals surface area contributed by atoms with E-state index in [0.717, 1.165) is 37.0 Å². The minimum absolute atomic E-state index is 0.0852. The second kappa shape index (κ2) is 17.0. The van der Waals surface area contributed by atoms with Crippen LogP contribution in [0, 0.1) is 13.8 Å². The molecule has 0 radical (unpaired) electrons. The molecular formula is C32H44N8O7S. The zero-order valence-electron chi connectivity index (χ0n) is 27.3. The SMILES string of the molecule is Cc1cc(OCCCC(=O)NCCN)cc(C)c1S(=O)(=O)NC(CNC(=O)c1ccc2nn(CCNC3=NCCCC3)cc2c1)C(=O)O. The van der Waals surface area contributed by atoms with Crippen LogP contribution in [0.2, 0.25) is 0 Å². The Bertz CT molecular complexity index is 1730. The highest BCUT2D eigenvalue weighted by molar-refractivity contribution is 7.89. The molecular weight excluding hydrogens is 640 g/mol. The monoisotopic (exact) mass is 684 g/mol. The van der Waals surface area contributed by atoms with E-state index >= 15 is 0 Å². The lowest BCUT2D eigenvalue weighted by molar-refractivity contribution is -0.138. The maximum absolute atomic E-state index is 13.3. The second-order valence-electron chi connectivity index (χ2n) is 11.6. The third-order valence-electron chi connectivity index (χ3n) is 7.66. The van der Waals surface area contributed by atoms with Gasteiger partial charge in [0.1, 0.15) is 11.8 Å². The first-order chi connectivity index (χ1) is 23.0. The number of aliphatic imine (C=N–C) groups is 1. The molecule has 1 unspecified atom stereocenters.